The Bertz CT molecular complexity index is 508. The van der Waals surface area contributed by atoms with Gasteiger partial charge in [-0.25, -0.2) is 13.1 Å². The summed E-state index contributed by atoms with van der Waals surface area (Å²) >= 11 is 3.37. The molecule has 0 bridgehead atoms. The molecule has 0 aliphatic rings. The second kappa shape index (κ2) is 6.52. The normalized spacial score (nSPS) is 14.4. The van der Waals surface area contributed by atoms with Gasteiger partial charge >= 0.3 is 0 Å². The van der Waals surface area contributed by atoms with Gasteiger partial charge in [0.25, 0.3) is 0 Å². The number of hydrogen-bond acceptors (Lipinski definition) is 2. The fraction of sp³-hybridized carbons (Fsp3) is 0.538. The van der Waals surface area contributed by atoms with E-state index in [4.69, 9.17) is 0 Å². The minimum atomic E-state index is -3.20. The Morgan fingerprint density at radius 2 is 1.74 bits per heavy atom. The molecule has 0 heterocycles. The Labute approximate surface area is 126 Å². The first-order chi connectivity index (χ1) is 8.59. The van der Waals surface area contributed by atoms with E-state index in [0.29, 0.717) is 0 Å². The van der Waals surface area contributed by atoms with Gasteiger partial charge in [-0.1, -0.05) is 47.7 Å². The highest BCUT2D eigenvalue weighted by molar-refractivity contribution is 9.10. The lowest BCUT2D eigenvalue weighted by Gasteiger charge is -2.18. The molecule has 1 aromatic carbocycles. The van der Waals surface area contributed by atoms with Crippen molar-refractivity contribution in [2.75, 3.05) is 5.75 Å². The molecule has 0 radical (unpaired) electrons. The van der Waals surface area contributed by atoms with E-state index in [-0.39, 0.29) is 11.8 Å². The van der Waals surface area contributed by atoms with Crippen LogP contribution in [0.2, 0.25) is 25.7 Å². The van der Waals surface area contributed by atoms with Crippen LogP contribution in [0.5, 0.6) is 0 Å². The van der Waals surface area contributed by atoms with Crippen molar-refractivity contribution in [2.45, 2.75) is 38.7 Å². The van der Waals surface area contributed by atoms with Crippen molar-refractivity contribution in [1.82, 2.24) is 4.72 Å². The average molecular weight is 364 g/mol. The van der Waals surface area contributed by atoms with E-state index >= 15 is 0 Å². The number of halogens is 1. The molecule has 0 amide bonds. The van der Waals surface area contributed by atoms with Gasteiger partial charge in [-0.2, -0.15) is 0 Å². The van der Waals surface area contributed by atoms with Crippen molar-refractivity contribution in [3.8, 4) is 0 Å². The fourth-order valence-electron chi connectivity index (χ4n) is 1.59. The smallest absolute Gasteiger partial charge is 0.211 e. The molecule has 0 aliphatic carbocycles. The second-order valence-corrected chi connectivity index (χ2v) is 14.4. The topological polar surface area (TPSA) is 46.2 Å². The molecule has 3 nitrogen and oxygen atoms in total. The van der Waals surface area contributed by atoms with Crippen molar-refractivity contribution in [1.29, 1.82) is 0 Å². The summed E-state index contributed by atoms with van der Waals surface area (Å²) in [6.45, 7) is 8.41. The molecule has 0 aromatic heterocycles. The summed E-state index contributed by atoms with van der Waals surface area (Å²) in [6.07, 6.45) is 0. The van der Waals surface area contributed by atoms with Crippen molar-refractivity contribution in [3.63, 3.8) is 0 Å². The Kier molecular flexibility index (Phi) is 5.79. The van der Waals surface area contributed by atoms with E-state index in [0.717, 1.165) is 16.1 Å². The zero-order valence-corrected chi connectivity index (χ0v) is 15.3. The van der Waals surface area contributed by atoms with Crippen LogP contribution in [0.15, 0.2) is 28.7 Å². The Morgan fingerprint density at radius 3 is 2.21 bits per heavy atom. The molecular formula is C13H22BrNO2SSi. The minimum Gasteiger partial charge on any atom is -0.212 e. The molecule has 1 aromatic rings. The van der Waals surface area contributed by atoms with Crippen LogP contribution in [-0.4, -0.2) is 22.2 Å². The van der Waals surface area contributed by atoms with E-state index in [9.17, 15) is 8.42 Å². The van der Waals surface area contributed by atoms with Gasteiger partial charge in [-0.3, -0.25) is 0 Å². The lowest BCUT2D eigenvalue weighted by atomic mass is 10.1. The molecule has 1 N–H and O–H groups in total. The van der Waals surface area contributed by atoms with Crippen LogP contribution in [0.4, 0.5) is 0 Å². The van der Waals surface area contributed by atoms with Crippen LogP contribution < -0.4 is 4.72 Å². The van der Waals surface area contributed by atoms with E-state index in [1.807, 2.05) is 31.2 Å². The van der Waals surface area contributed by atoms with Crippen LogP contribution in [0.1, 0.15) is 18.5 Å². The van der Waals surface area contributed by atoms with Gasteiger partial charge in [0.1, 0.15) is 0 Å². The van der Waals surface area contributed by atoms with E-state index in [1.54, 1.807) is 0 Å². The summed E-state index contributed by atoms with van der Waals surface area (Å²) in [4.78, 5) is 0. The molecule has 19 heavy (non-hydrogen) atoms. The van der Waals surface area contributed by atoms with Gasteiger partial charge in [-0.05, 0) is 30.7 Å². The molecule has 0 saturated carbocycles. The summed E-state index contributed by atoms with van der Waals surface area (Å²) in [5.41, 5.74) is 0.972. The Balaban J connectivity index is 2.65. The minimum absolute atomic E-state index is 0.195. The molecule has 6 heteroatoms. The Hall–Kier alpha value is -0.173. The molecule has 0 unspecified atom stereocenters. The first kappa shape index (κ1) is 16.9. The lowest BCUT2D eigenvalue weighted by molar-refractivity contribution is 0.568. The largest absolute Gasteiger partial charge is 0.212 e. The molecule has 1 rings (SSSR count). The monoisotopic (exact) mass is 363 g/mol. The Morgan fingerprint density at radius 1 is 1.21 bits per heavy atom. The van der Waals surface area contributed by atoms with Gasteiger partial charge in [0.2, 0.25) is 10.0 Å². The maximum atomic E-state index is 12.0. The first-order valence-electron chi connectivity index (χ1n) is 6.34. The summed E-state index contributed by atoms with van der Waals surface area (Å²) in [5.74, 6) is 0.226. The van der Waals surface area contributed by atoms with Gasteiger partial charge < -0.3 is 0 Å². The highest BCUT2D eigenvalue weighted by Crippen LogP contribution is 2.18. The third-order valence-electron chi connectivity index (χ3n) is 2.85. The number of rotatable bonds is 6. The summed E-state index contributed by atoms with van der Waals surface area (Å²) in [7, 11) is -4.53. The quantitative estimate of drug-likeness (QED) is 0.781. The summed E-state index contributed by atoms with van der Waals surface area (Å²) in [6, 6.07) is 8.28. The summed E-state index contributed by atoms with van der Waals surface area (Å²) in [5, 5.41) is 0. The van der Waals surface area contributed by atoms with Crippen LogP contribution in [0.25, 0.3) is 0 Å². The molecule has 1 atom stereocenters. The zero-order valence-electron chi connectivity index (χ0n) is 11.9. The predicted octanol–water partition coefficient (Wildman–Crippen LogP) is 3.77. The molecule has 0 fully saturated rings. The second-order valence-electron chi connectivity index (χ2n) is 6.02. The maximum Gasteiger partial charge on any atom is 0.211 e. The van der Waals surface area contributed by atoms with Gasteiger partial charge in [-0.15, -0.1) is 0 Å². The predicted molar refractivity (Wildman–Crippen MR) is 87.6 cm³/mol. The van der Waals surface area contributed by atoms with Gasteiger partial charge in [0.15, 0.2) is 0 Å². The molecule has 0 spiro atoms. The van der Waals surface area contributed by atoms with Crippen LogP contribution in [0, 0.1) is 0 Å². The first-order valence-corrected chi connectivity index (χ1v) is 12.5. The molecular weight excluding hydrogens is 342 g/mol. The van der Waals surface area contributed by atoms with Crippen molar-refractivity contribution >= 4 is 34.0 Å². The van der Waals surface area contributed by atoms with E-state index < -0.39 is 18.1 Å². The third kappa shape index (κ3) is 6.69. The number of benzene rings is 1. The molecule has 108 valence electrons. The zero-order chi connectivity index (χ0) is 14.7. The fourth-order valence-corrected chi connectivity index (χ4v) is 6.17. The van der Waals surface area contributed by atoms with Crippen LogP contribution in [-0.2, 0) is 10.0 Å². The maximum absolute atomic E-state index is 12.0. The van der Waals surface area contributed by atoms with Gasteiger partial charge in [0.05, 0.1) is 5.75 Å². The SMILES string of the molecule is C[C@@H](NS(=O)(=O)CC[Si](C)(C)C)c1ccc(Br)cc1. The molecule has 0 saturated heterocycles. The third-order valence-corrected chi connectivity index (χ3v) is 6.94. The number of sulfonamides is 1. The van der Waals surface area contributed by atoms with Crippen molar-refractivity contribution in [2.24, 2.45) is 0 Å². The van der Waals surface area contributed by atoms with Crippen molar-refractivity contribution < 1.29 is 8.42 Å². The van der Waals surface area contributed by atoms with Gasteiger partial charge in [0, 0.05) is 18.6 Å². The summed E-state index contributed by atoms with van der Waals surface area (Å²) < 4.78 is 27.8. The lowest BCUT2D eigenvalue weighted by Crippen LogP contribution is -2.32. The number of hydrogen-bond donors (Lipinski definition) is 1. The average Bonchev–Trinajstić information content (AvgIpc) is 2.26. The van der Waals surface area contributed by atoms with Crippen LogP contribution in [0.3, 0.4) is 0 Å². The van der Waals surface area contributed by atoms with E-state index in [1.165, 1.54) is 0 Å². The van der Waals surface area contributed by atoms with E-state index in [2.05, 4.69) is 40.3 Å². The van der Waals surface area contributed by atoms with Crippen molar-refractivity contribution in [3.05, 3.63) is 34.3 Å². The highest BCUT2D eigenvalue weighted by atomic mass is 79.9. The van der Waals surface area contributed by atoms with Crippen LogP contribution >= 0.6 is 15.9 Å². The highest BCUT2D eigenvalue weighted by Gasteiger charge is 2.20. The standard InChI is InChI=1S/C13H22BrNO2SSi/c1-11(12-5-7-13(14)8-6-12)15-18(16,17)9-10-19(2,3)4/h5-8,11,15H,9-10H2,1-4H3/t11-/m1/s1. The molecule has 0 aliphatic heterocycles. The number of nitrogens with one attached hydrogen (secondary N) is 1.